The zero-order valence-corrected chi connectivity index (χ0v) is 11.2. The maximum atomic E-state index is 13.0. The number of rotatable bonds is 4. The minimum atomic E-state index is -0.541. The van der Waals surface area contributed by atoms with E-state index >= 15 is 0 Å². The lowest BCUT2D eigenvalue weighted by molar-refractivity contribution is -0.252. The van der Waals surface area contributed by atoms with Gasteiger partial charge in [0.1, 0.15) is 11.6 Å². The predicted molar refractivity (Wildman–Crippen MR) is 67.8 cm³/mol. The zero-order chi connectivity index (χ0) is 13.9. The highest BCUT2D eigenvalue weighted by Gasteiger charge is 2.27. The third kappa shape index (κ3) is 4.53. The minimum Gasteiger partial charge on any atom is -0.349 e. The largest absolute Gasteiger partial charge is 0.349 e. The number of nitrogens with one attached hydrogen (secondary N) is 1. The summed E-state index contributed by atoms with van der Waals surface area (Å²) < 4.78 is 37.0. The Morgan fingerprint density at radius 2 is 1.74 bits per heavy atom. The molecule has 1 N–H and O–H groups in total. The van der Waals surface area contributed by atoms with E-state index in [0.29, 0.717) is 31.7 Å². The second-order valence-corrected chi connectivity index (χ2v) is 5.20. The first-order valence-electron chi connectivity index (χ1n) is 6.41. The van der Waals surface area contributed by atoms with Crippen molar-refractivity contribution >= 4 is 0 Å². The van der Waals surface area contributed by atoms with Gasteiger partial charge in [-0.3, -0.25) is 0 Å². The van der Waals surface area contributed by atoms with Crippen molar-refractivity contribution < 1.29 is 18.3 Å². The maximum Gasteiger partial charge on any atom is 0.162 e. The van der Waals surface area contributed by atoms with Gasteiger partial charge < -0.3 is 14.8 Å². The third-order valence-electron chi connectivity index (χ3n) is 3.03. The van der Waals surface area contributed by atoms with E-state index in [2.05, 4.69) is 5.32 Å². The van der Waals surface area contributed by atoms with Gasteiger partial charge in [-0.05, 0) is 44.5 Å². The van der Waals surface area contributed by atoms with Gasteiger partial charge in [-0.15, -0.1) is 0 Å². The lowest BCUT2D eigenvalue weighted by Crippen LogP contribution is -2.48. The molecule has 0 saturated carbocycles. The van der Waals surface area contributed by atoms with Crippen LogP contribution in [0.15, 0.2) is 18.2 Å². The van der Waals surface area contributed by atoms with Crippen LogP contribution in [0.25, 0.3) is 0 Å². The number of hydrogen-bond acceptors (Lipinski definition) is 3. The van der Waals surface area contributed by atoms with Gasteiger partial charge in [-0.2, -0.15) is 0 Å². The smallest absolute Gasteiger partial charge is 0.162 e. The van der Waals surface area contributed by atoms with E-state index in [1.807, 2.05) is 13.8 Å². The highest BCUT2D eigenvalue weighted by atomic mass is 19.1. The van der Waals surface area contributed by atoms with E-state index in [-0.39, 0.29) is 6.04 Å². The lowest BCUT2D eigenvalue weighted by atomic mass is 10.1. The fourth-order valence-corrected chi connectivity index (χ4v) is 1.99. The van der Waals surface area contributed by atoms with Crippen LogP contribution < -0.4 is 5.32 Å². The van der Waals surface area contributed by atoms with Gasteiger partial charge >= 0.3 is 0 Å². The molecule has 0 aromatic heterocycles. The van der Waals surface area contributed by atoms with E-state index in [1.165, 1.54) is 12.1 Å². The van der Waals surface area contributed by atoms with E-state index in [9.17, 15) is 8.78 Å². The summed E-state index contributed by atoms with van der Waals surface area (Å²) in [5.41, 5.74) is 0.642. The van der Waals surface area contributed by atoms with Crippen LogP contribution >= 0.6 is 0 Å². The van der Waals surface area contributed by atoms with Crippen molar-refractivity contribution in [1.82, 2.24) is 5.32 Å². The average Bonchev–Trinajstić information content (AvgIpc) is 2.30. The molecule has 3 nitrogen and oxygen atoms in total. The van der Waals surface area contributed by atoms with Crippen LogP contribution in [0.4, 0.5) is 8.78 Å². The molecule has 0 amide bonds. The molecule has 1 aromatic rings. The monoisotopic (exact) mass is 271 g/mol. The minimum absolute atomic E-state index is 0.117. The van der Waals surface area contributed by atoms with Crippen LogP contribution in [0.1, 0.15) is 19.4 Å². The molecule has 1 fully saturated rings. The average molecular weight is 271 g/mol. The van der Waals surface area contributed by atoms with E-state index in [0.717, 1.165) is 6.07 Å². The first-order chi connectivity index (χ1) is 8.94. The van der Waals surface area contributed by atoms with Crippen molar-refractivity contribution in [3.05, 3.63) is 35.4 Å². The van der Waals surface area contributed by atoms with Gasteiger partial charge in [0.2, 0.25) is 0 Å². The molecule has 1 aliphatic heterocycles. The van der Waals surface area contributed by atoms with Crippen LogP contribution in [0.5, 0.6) is 0 Å². The molecule has 1 aromatic carbocycles. The normalized spacial score (nSPS) is 19.6. The Balaban J connectivity index is 1.75. The molecule has 2 rings (SSSR count). The predicted octanol–water partition coefficient (Wildman–Crippen LogP) is 2.25. The van der Waals surface area contributed by atoms with Gasteiger partial charge in [0, 0.05) is 6.07 Å². The molecule has 19 heavy (non-hydrogen) atoms. The van der Waals surface area contributed by atoms with Crippen molar-refractivity contribution in [1.29, 1.82) is 0 Å². The summed E-state index contributed by atoms with van der Waals surface area (Å²) in [5.74, 6) is -1.61. The summed E-state index contributed by atoms with van der Waals surface area (Å²) in [6, 6.07) is 3.69. The number of hydrogen-bond donors (Lipinski definition) is 1. The number of ether oxygens (including phenoxy) is 2. The Morgan fingerprint density at radius 3 is 2.32 bits per heavy atom. The van der Waals surface area contributed by atoms with Gasteiger partial charge in [0.05, 0.1) is 19.3 Å². The van der Waals surface area contributed by atoms with Crippen LogP contribution in [-0.4, -0.2) is 31.6 Å². The van der Waals surface area contributed by atoms with E-state index < -0.39 is 17.4 Å². The Kier molecular flexibility index (Phi) is 4.50. The molecule has 1 heterocycles. The lowest BCUT2D eigenvalue weighted by Gasteiger charge is -2.35. The second-order valence-electron chi connectivity index (χ2n) is 5.20. The SMILES string of the molecule is CC1(C)OCC(NCCc2cc(F)cc(F)c2)CO1. The maximum absolute atomic E-state index is 13.0. The fraction of sp³-hybridized carbons (Fsp3) is 0.571. The van der Waals surface area contributed by atoms with Crippen molar-refractivity contribution in [2.45, 2.75) is 32.1 Å². The van der Waals surface area contributed by atoms with Gasteiger partial charge in [-0.1, -0.05) is 0 Å². The fourth-order valence-electron chi connectivity index (χ4n) is 1.99. The summed E-state index contributed by atoms with van der Waals surface area (Å²) in [6.45, 7) is 5.52. The summed E-state index contributed by atoms with van der Waals surface area (Å²) in [6.07, 6.45) is 0.564. The molecule has 1 saturated heterocycles. The molecule has 0 bridgehead atoms. The Hall–Kier alpha value is -1.04. The molecular formula is C14H19F2NO2. The van der Waals surface area contributed by atoms with Crippen LogP contribution in [0.3, 0.4) is 0 Å². The molecule has 0 radical (unpaired) electrons. The quantitative estimate of drug-likeness (QED) is 0.911. The van der Waals surface area contributed by atoms with Crippen molar-refractivity contribution in [2.75, 3.05) is 19.8 Å². The number of benzene rings is 1. The van der Waals surface area contributed by atoms with Gasteiger partial charge in [0.25, 0.3) is 0 Å². The van der Waals surface area contributed by atoms with E-state index in [4.69, 9.17) is 9.47 Å². The first kappa shape index (κ1) is 14.4. The molecule has 5 heteroatoms. The van der Waals surface area contributed by atoms with Crippen LogP contribution in [0.2, 0.25) is 0 Å². The third-order valence-corrected chi connectivity index (χ3v) is 3.03. The highest BCUT2D eigenvalue weighted by Crippen LogP contribution is 2.16. The van der Waals surface area contributed by atoms with Gasteiger partial charge in [0.15, 0.2) is 5.79 Å². The Bertz CT molecular complexity index is 407. The Labute approximate surface area is 111 Å². The van der Waals surface area contributed by atoms with E-state index in [1.54, 1.807) is 0 Å². The first-order valence-corrected chi connectivity index (χ1v) is 6.41. The second kappa shape index (κ2) is 5.94. The Morgan fingerprint density at radius 1 is 1.16 bits per heavy atom. The number of halogens is 2. The van der Waals surface area contributed by atoms with Crippen LogP contribution in [-0.2, 0) is 15.9 Å². The van der Waals surface area contributed by atoms with Crippen molar-refractivity contribution in [3.63, 3.8) is 0 Å². The molecule has 0 spiro atoms. The van der Waals surface area contributed by atoms with Gasteiger partial charge in [-0.25, -0.2) is 8.78 Å². The molecule has 0 aliphatic carbocycles. The summed E-state index contributed by atoms with van der Waals surface area (Å²) >= 11 is 0. The van der Waals surface area contributed by atoms with Crippen molar-refractivity contribution in [2.24, 2.45) is 0 Å². The molecule has 0 unspecified atom stereocenters. The zero-order valence-electron chi connectivity index (χ0n) is 11.2. The molecule has 106 valence electrons. The molecular weight excluding hydrogens is 252 g/mol. The molecule has 0 atom stereocenters. The molecule has 1 aliphatic rings. The van der Waals surface area contributed by atoms with Crippen molar-refractivity contribution in [3.8, 4) is 0 Å². The van der Waals surface area contributed by atoms with Crippen LogP contribution in [0, 0.1) is 11.6 Å². The summed E-state index contributed by atoms with van der Waals surface area (Å²) in [4.78, 5) is 0. The standard InChI is InChI=1S/C14H19F2NO2/c1-14(2)18-8-13(9-19-14)17-4-3-10-5-11(15)7-12(16)6-10/h5-7,13,17H,3-4,8-9H2,1-2H3. The highest BCUT2D eigenvalue weighted by molar-refractivity contribution is 5.18. The summed E-state index contributed by atoms with van der Waals surface area (Å²) in [7, 11) is 0. The topological polar surface area (TPSA) is 30.5 Å². The summed E-state index contributed by atoms with van der Waals surface area (Å²) in [5, 5.41) is 3.25.